The molecule has 1 aliphatic heterocycles. The minimum atomic E-state index is -0.844. The number of benzene rings is 2. The Balaban J connectivity index is 1.40. The summed E-state index contributed by atoms with van der Waals surface area (Å²) in [5.41, 5.74) is 3.48. The van der Waals surface area contributed by atoms with E-state index in [2.05, 4.69) is 28.2 Å². The summed E-state index contributed by atoms with van der Waals surface area (Å²) in [6.45, 7) is 6.79. The van der Waals surface area contributed by atoms with E-state index in [1.807, 2.05) is 54.3 Å². The number of amides is 1. The van der Waals surface area contributed by atoms with Crippen LogP contribution in [0.25, 0.3) is 11.3 Å². The summed E-state index contributed by atoms with van der Waals surface area (Å²) in [5.74, 6) is 0.759. The van der Waals surface area contributed by atoms with Crippen LogP contribution >= 0.6 is 0 Å². The van der Waals surface area contributed by atoms with E-state index in [0.29, 0.717) is 18.8 Å². The number of nitrogens with zero attached hydrogens (tertiary/aromatic N) is 3. The number of hydrogen-bond donors (Lipinski definition) is 3. The molecule has 5 rings (SSSR count). The molecule has 1 aliphatic carbocycles. The molecule has 3 atom stereocenters. The quantitative estimate of drug-likeness (QED) is 0.392. The third kappa shape index (κ3) is 5.82. The second kappa shape index (κ2) is 11.8. The number of piperazine rings is 1. The topological polar surface area (TPSA) is 91.7 Å². The molecule has 0 bridgehead atoms. The van der Waals surface area contributed by atoms with E-state index in [1.165, 1.54) is 0 Å². The first-order valence-corrected chi connectivity index (χ1v) is 14.1. The van der Waals surface area contributed by atoms with Crippen molar-refractivity contribution in [3.05, 3.63) is 66.1 Å². The van der Waals surface area contributed by atoms with Gasteiger partial charge in [-0.25, -0.2) is 4.98 Å². The molecular weight excluding hydrogens is 490 g/mol. The monoisotopic (exact) mass is 531 g/mol. The summed E-state index contributed by atoms with van der Waals surface area (Å²) in [6, 6.07) is 16.0. The van der Waals surface area contributed by atoms with Crippen molar-refractivity contribution in [3.63, 3.8) is 0 Å². The normalized spacial score (nSPS) is 23.4. The highest BCUT2D eigenvalue weighted by molar-refractivity contribution is 5.98. The van der Waals surface area contributed by atoms with Crippen LogP contribution in [0.1, 0.15) is 61.1 Å². The number of aryl methyl sites for hydroxylation is 1. The van der Waals surface area contributed by atoms with Gasteiger partial charge in [-0.1, -0.05) is 49.2 Å². The van der Waals surface area contributed by atoms with Crippen LogP contribution < -0.4 is 15.4 Å². The van der Waals surface area contributed by atoms with E-state index >= 15 is 0 Å². The van der Waals surface area contributed by atoms with Crippen molar-refractivity contribution in [2.24, 2.45) is 0 Å². The average Bonchev–Trinajstić information content (AvgIpc) is 3.38. The lowest BCUT2D eigenvalue weighted by Gasteiger charge is -2.39. The lowest BCUT2D eigenvalue weighted by Crippen LogP contribution is -2.54. The number of anilines is 1. The zero-order chi connectivity index (χ0) is 27.4. The summed E-state index contributed by atoms with van der Waals surface area (Å²) >= 11 is 0. The van der Waals surface area contributed by atoms with Crippen molar-refractivity contribution in [2.75, 3.05) is 38.6 Å². The summed E-state index contributed by atoms with van der Waals surface area (Å²) in [5, 5.41) is 18.2. The van der Waals surface area contributed by atoms with Crippen molar-refractivity contribution in [2.45, 2.75) is 63.6 Å². The highest BCUT2D eigenvalue weighted by Crippen LogP contribution is 2.40. The molecular formula is C31H41N5O3. The van der Waals surface area contributed by atoms with Gasteiger partial charge in [-0.2, -0.15) is 0 Å². The van der Waals surface area contributed by atoms with Crippen LogP contribution in [0.2, 0.25) is 0 Å². The van der Waals surface area contributed by atoms with Crippen molar-refractivity contribution in [3.8, 4) is 17.0 Å². The number of hydrogen-bond acceptors (Lipinski definition) is 6. The van der Waals surface area contributed by atoms with Crippen LogP contribution in [0, 0.1) is 6.92 Å². The second-order valence-corrected chi connectivity index (χ2v) is 11.1. The Morgan fingerprint density at radius 1 is 1.23 bits per heavy atom. The third-order valence-corrected chi connectivity index (χ3v) is 8.27. The first-order valence-electron chi connectivity index (χ1n) is 14.1. The van der Waals surface area contributed by atoms with Crippen LogP contribution in [0.3, 0.4) is 0 Å². The summed E-state index contributed by atoms with van der Waals surface area (Å²) in [7, 11) is 1.68. The maximum Gasteiger partial charge on any atom is 0.275 e. The van der Waals surface area contributed by atoms with Gasteiger partial charge in [0.1, 0.15) is 5.75 Å². The summed E-state index contributed by atoms with van der Waals surface area (Å²) in [6.07, 6.45) is 6.22. The first-order chi connectivity index (χ1) is 18.9. The Morgan fingerprint density at radius 3 is 2.82 bits per heavy atom. The van der Waals surface area contributed by atoms with Crippen LogP contribution in [0.15, 0.2) is 54.9 Å². The number of imidazole rings is 1. The molecule has 1 saturated heterocycles. The molecule has 39 heavy (non-hydrogen) atoms. The smallest absolute Gasteiger partial charge is 0.275 e. The highest BCUT2D eigenvalue weighted by atomic mass is 16.5. The van der Waals surface area contributed by atoms with E-state index in [9.17, 15) is 9.90 Å². The predicted molar refractivity (Wildman–Crippen MR) is 154 cm³/mol. The molecule has 0 radical (unpaired) electrons. The number of carbonyl (C=O) groups is 1. The van der Waals surface area contributed by atoms with Crippen molar-refractivity contribution >= 4 is 11.6 Å². The molecule has 208 valence electrons. The number of aromatic nitrogens is 2. The molecule has 0 spiro atoms. The molecule has 1 saturated carbocycles. The molecule has 8 nitrogen and oxygen atoms in total. The van der Waals surface area contributed by atoms with Crippen LogP contribution in [0.4, 0.5) is 5.69 Å². The van der Waals surface area contributed by atoms with Gasteiger partial charge in [-0.15, -0.1) is 0 Å². The van der Waals surface area contributed by atoms with Gasteiger partial charge in [0.2, 0.25) is 0 Å². The maximum atomic E-state index is 14.2. The Bertz CT molecular complexity index is 1270. The fourth-order valence-electron chi connectivity index (χ4n) is 6.13. The lowest BCUT2D eigenvalue weighted by atomic mass is 9.81. The standard InChI is InChI=1S/C31H41N5O3/c1-22-12-13-26(39-3)25(19-22)33-16-14-24-20-32-17-18-35(24)30(37)28-29(23-9-5-4-6-10-23)36(21-34-28)27-11-7-8-15-31(27,2)38/h4-6,9-10,12-13,19,21,24,27,32-33,38H,7-8,11,14-18,20H2,1-3H3/t24-,27-,31+/m1/s1. The van der Waals surface area contributed by atoms with E-state index in [-0.39, 0.29) is 18.0 Å². The summed E-state index contributed by atoms with van der Waals surface area (Å²) in [4.78, 5) is 20.8. The maximum absolute atomic E-state index is 14.2. The highest BCUT2D eigenvalue weighted by Gasteiger charge is 2.39. The van der Waals surface area contributed by atoms with Gasteiger partial charge < -0.3 is 29.9 Å². The van der Waals surface area contributed by atoms with Crippen LogP contribution in [-0.2, 0) is 0 Å². The van der Waals surface area contributed by atoms with E-state index in [1.54, 1.807) is 13.4 Å². The minimum absolute atomic E-state index is 0.0288. The SMILES string of the molecule is COc1ccc(C)cc1NCC[C@@H]1CNCCN1C(=O)c1ncn([C@@H]2CCCC[C@]2(C)O)c1-c1ccccc1. The van der Waals surface area contributed by atoms with Crippen LogP contribution in [-0.4, -0.2) is 70.4 Å². The Kier molecular flexibility index (Phi) is 8.23. The number of aliphatic hydroxyl groups is 1. The molecule has 0 unspecified atom stereocenters. The van der Waals surface area contributed by atoms with Gasteiger partial charge in [-0.3, -0.25) is 4.79 Å². The number of carbonyl (C=O) groups excluding carboxylic acids is 1. The molecule has 1 amide bonds. The fourth-order valence-corrected chi connectivity index (χ4v) is 6.13. The zero-order valence-electron chi connectivity index (χ0n) is 23.3. The largest absolute Gasteiger partial charge is 0.495 e. The molecule has 2 aromatic carbocycles. The number of nitrogens with one attached hydrogen (secondary N) is 2. The summed E-state index contributed by atoms with van der Waals surface area (Å²) < 4.78 is 7.57. The van der Waals surface area contributed by atoms with Crippen molar-refractivity contribution in [1.29, 1.82) is 0 Å². The van der Waals surface area contributed by atoms with Gasteiger partial charge in [0.05, 0.1) is 36.5 Å². The first kappa shape index (κ1) is 27.2. The van der Waals surface area contributed by atoms with Crippen LogP contribution in [0.5, 0.6) is 5.75 Å². The van der Waals surface area contributed by atoms with Crippen molar-refractivity contribution < 1.29 is 14.6 Å². The second-order valence-electron chi connectivity index (χ2n) is 11.1. The molecule has 2 fully saturated rings. The predicted octanol–water partition coefficient (Wildman–Crippen LogP) is 4.65. The van der Waals surface area contributed by atoms with Crippen molar-refractivity contribution in [1.82, 2.24) is 19.8 Å². The lowest BCUT2D eigenvalue weighted by molar-refractivity contribution is -0.0243. The Hall–Kier alpha value is -3.36. The van der Waals surface area contributed by atoms with Gasteiger partial charge >= 0.3 is 0 Å². The zero-order valence-corrected chi connectivity index (χ0v) is 23.3. The van der Waals surface area contributed by atoms with Gasteiger partial charge in [0.15, 0.2) is 5.69 Å². The van der Waals surface area contributed by atoms with E-state index in [4.69, 9.17) is 9.72 Å². The molecule has 2 aliphatic rings. The fraction of sp³-hybridized carbons (Fsp3) is 0.484. The van der Waals surface area contributed by atoms with Gasteiger partial charge in [0.25, 0.3) is 5.91 Å². The number of rotatable bonds is 8. The molecule has 1 aromatic heterocycles. The van der Waals surface area contributed by atoms with E-state index < -0.39 is 5.60 Å². The molecule has 8 heteroatoms. The Morgan fingerprint density at radius 2 is 2.05 bits per heavy atom. The van der Waals surface area contributed by atoms with Gasteiger partial charge in [0, 0.05) is 37.8 Å². The average molecular weight is 532 g/mol. The minimum Gasteiger partial charge on any atom is -0.495 e. The van der Waals surface area contributed by atoms with Gasteiger partial charge in [-0.05, 0) is 50.8 Å². The molecule has 3 N–H and O–H groups in total. The number of ether oxygens (including phenoxy) is 1. The molecule has 2 heterocycles. The third-order valence-electron chi connectivity index (χ3n) is 8.27. The van der Waals surface area contributed by atoms with E-state index in [0.717, 1.165) is 73.5 Å². The molecule has 3 aromatic rings. The Labute approximate surface area is 231 Å². The number of methoxy groups -OCH3 is 1.